The minimum atomic E-state index is -0.386. The summed E-state index contributed by atoms with van der Waals surface area (Å²) in [5, 5.41) is 11.8. The van der Waals surface area contributed by atoms with Gasteiger partial charge in [-0.25, -0.2) is 0 Å². The van der Waals surface area contributed by atoms with E-state index in [0.29, 0.717) is 5.56 Å². The van der Waals surface area contributed by atoms with E-state index in [9.17, 15) is 4.79 Å². The number of Topliss-reactive ketones (excluding diaryl/α,β-unsaturated/α-hetero) is 1. The summed E-state index contributed by atoms with van der Waals surface area (Å²) in [5.41, 5.74) is 1.06. The molecule has 2 aromatic rings. The average Bonchev–Trinajstić information content (AvgIpc) is 2.85. The van der Waals surface area contributed by atoms with E-state index in [1.54, 1.807) is 12.4 Å². The van der Waals surface area contributed by atoms with Gasteiger partial charge in [0.1, 0.15) is 5.69 Å². The number of hydrogen-bond donors (Lipinski definition) is 0. The van der Waals surface area contributed by atoms with Crippen molar-refractivity contribution in [3.8, 4) is 5.69 Å². The Morgan fingerprint density at radius 2 is 1.88 bits per heavy atom. The Morgan fingerprint density at radius 3 is 2.44 bits per heavy atom. The number of rotatable bonds is 2. The van der Waals surface area contributed by atoms with Crippen LogP contribution in [0.4, 0.5) is 0 Å². The smallest absolute Gasteiger partial charge is 0.171 e. The Labute approximate surface area is 97.9 Å². The van der Waals surface area contributed by atoms with Gasteiger partial charge in [-0.3, -0.25) is 4.79 Å². The van der Waals surface area contributed by atoms with E-state index in [1.165, 1.54) is 16.1 Å². The summed E-state index contributed by atoms with van der Waals surface area (Å²) < 4.78 is 0. The summed E-state index contributed by atoms with van der Waals surface area (Å²) in [6, 6.07) is 0. The molecule has 0 aliphatic carbocycles. The first-order valence-electron chi connectivity index (χ1n) is 4.98. The summed E-state index contributed by atoms with van der Waals surface area (Å²) in [6.45, 7) is 5.73. The predicted molar refractivity (Wildman–Crippen MR) is 63.0 cm³/mol. The van der Waals surface area contributed by atoms with Crippen molar-refractivity contribution in [2.24, 2.45) is 5.41 Å². The lowest BCUT2D eigenvalue weighted by Gasteiger charge is -2.16. The third-order valence-electron chi connectivity index (χ3n) is 2.20. The molecule has 0 unspecified atom stereocenters. The van der Waals surface area contributed by atoms with E-state index < -0.39 is 0 Å². The van der Waals surface area contributed by atoms with Crippen molar-refractivity contribution in [3.63, 3.8) is 0 Å². The van der Waals surface area contributed by atoms with E-state index in [4.69, 9.17) is 0 Å². The van der Waals surface area contributed by atoms with Gasteiger partial charge in [-0.15, -0.1) is 11.3 Å². The minimum Gasteiger partial charge on any atom is -0.293 e. The van der Waals surface area contributed by atoms with Crippen LogP contribution >= 0.6 is 11.3 Å². The summed E-state index contributed by atoms with van der Waals surface area (Å²) in [7, 11) is 0. The molecule has 2 heterocycles. The second-order valence-electron chi connectivity index (χ2n) is 4.57. The van der Waals surface area contributed by atoms with Crippen LogP contribution in [0, 0.1) is 5.41 Å². The van der Waals surface area contributed by atoms with Crippen molar-refractivity contribution in [1.82, 2.24) is 15.0 Å². The molecule has 0 bridgehead atoms. The normalized spacial score (nSPS) is 11.7. The molecule has 0 aromatic carbocycles. The van der Waals surface area contributed by atoms with Crippen molar-refractivity contribution in [2.75, 3.05) is 0 Å². The van der Waals surface area contributed by atoms with Gasteiger partial charge in [-0.2, -0.15) is 15.0 Å². The van der Waals surface area contributed by atoms with Crippen molar-refractivity contribution in [3.05, 3.63) is 28.7 Å². The summed E-state index contributed by atoms with van der Waals surface area (Å²) >= 11 is 1.49. The minimum absolute atomic E-state index is 0.112. The molecule has 4 nitrogen and oxygen atoms in total. The standard InChI is InChI=1S/C11H13N3OS/c1-11(2,3)10(15)8-6-16-7-9(8)14-12-4-5-13-14/h4-7H,1-3H3. The van der Waals surface area contributed by atoms with Gasteiger partial charge in [0.2, 0.25) is 0 Å². The molecule has 0 N–H and O–H groups in total. The SMILES string of the molecule is CC(C)(C)C(=O)c1cscc1-n1nccn1. The van der Waals surface area contributed by atoms with Gasteiger partial charge in [0.05, 0.1) is 18.0 Å². The van der Waals surface area contributed by atoms with Crippen LogP contribution < -0.4 is 0 Å². The molecule has 0 fully saturated rings. The quantitative estimate of drug-likeness (QED) is 0.751. The molecule has 0 spiro atoms. The van der Waals surface area contributed by atoms with Gasteiger partial charge in [-0.05, 0) is 0 Å². The molecule has 0 saturated carbocycles. The zero-order valence-corrected chi connectivity index (χ0v) is 10.3. The van der Waals surface area contributed by atoms with Crippen LogP contribution in [0.2, 0.25) is 0 Å². The number of hydrogen-bond acceptors (Lipinski definition) is 4. The lowest BCUT2D eigenvalue weighted by molar-refractivity contribution is 0.0858. The fourth-order valence-corrected chi connectivity index (χ4v) is 2.14. The highest BCUT2D eigenvalue weighted by Gasteiger charge is 2.26. The van der Waals surface area contributed by atoms with Crippen molar-refractivity contribution < 1.29 is 4.79 Å². The Balaban J connectivity index is 2.45. The van der Waals surface area contributed by atoms with Crippen LogP contribution in [0.15, 0.2) is 23.2 Å². The van der Waals surface area contributed by atoms with Crippen molar-refractivity contribution in [1.29, 1.82) is 0 Å². The second kappa shape index (κ2) is 3.83. The van der Waals surface area contributed by atoms with Crippen molar-refractivity contribution in [2.45, 2.75) is 20.8 Å². The number of nitrogens with zero attached hydrogens (tertiary/aromatic N) is 3. The fourth-order valence-electron chi connectivity index (χ4n) is 1.36. The Kier molecular flexibility index (Phi) is 2.63. The van der Waals surface area contributed by atoms with Gasteiger partial charge in [0, 0.05) is 16.2 Å². The van der Waals surface area contributed by atoms with E-state index in [-0.39, 0.29) is 11.2 Å². The van der Waals surface area contributed by atoms with Gasteiger partial charge in [0.15, 0.2) is 5.78 Å². The largest absolute Gasteiger partial charge is 0.293 e. The highest BCUT2D eigenvalue weighted by atomic mass is 32.1. The average molecular weight is 235 g/mol. The molecular weight excluding hydrogens is 222 g/mol. The maximum atomic E-state index is 12.2. The van der Waals surface area contributed by atoms with Crippen molar-refractivity contribution >= 4 is 17.1 Å². The van der Waals surface area contributed by atoms with Crippen LogP contribution in [0.25, 0.3) is 5.69 Å². The molecule has 16 heavy (non-hydrogen) atoms. The van der Waals surface area contributed by atoms with Crippen LogP contribution in [-0.4, -0.2) is 20.8 Å². The molecule has 0 saturated heterocycles. The molecule has 2 aromatic heterocycles. The molecule has 0 aliphatic heterocycles. The predicted octanol–water partition coefficient (Wildman–Crippen LogP) is 2.56. The molecule has 2 rings (SSSR count). The van der Waals surface area contributed by atoms with E-state index in [1.807, 2.05) is 31.5 Å². The van der Waals surface area contributed by atoms with E-state index in [0.717, 1.165) is 5.69 Å². The number of carbonyl (C=O) groups is 1. The molecule has 84 valence electrons. The van der Waals surface area contributed by atoms with Crippen LogP contribution in [0.1, 0.15) is 31.1 Å². The maximum absolute atomic E-state index is 12.2. The van der Waals surface area contributed by atoms with Gasteiger partial charge in [-0.1, -0.05) is 20.8 Å². The van der Waals surface area contributed by atoms with Crippen LogP contribution in [0.3, 0.4) is 0 Å². The third kappa shape index (κ3) is 1.90. The second-order valence-corrected chi connectivity index (χ2v) is 5.31. The molecule has 0 radical (unpaired) electrons. The van der Waals surface area contributed by atoms with Gasteiger partial charge in [0.25, 0.3) is 0 Å². The molecule has 5 heteroatoms. The van der Waals surface area contributed by atoms with E-state index in [2.05, 4.69) is 10.2 Å². The molecule has 0 aliphatic rings. The first kappa shape index (κ1) is 11.0. The lowest BCUT2D eigenvalue weighted by Crippen LogP contribution is -2.21. The summed E-state index contributed by atoms with van der Waals surface area (Å²) in [5.74, 6) is 0.112. The zero-order valence-electron chi connectivity index (χ0n) is 9.47. The Morgan fingerprint density at radius 1 is 1.25 bits per heavy atom. The summed E-state index contributed by atoms with van der Waals surface area (Å²) in [6.07, 6.45) is 3.20. The number of aromatic nitrogens is 3. The van der Waals surface area contributed by atoms with Gasteiger partial charge < -0.3 is 0 Å². The molecular formula is C11H13N3OS. The first-order chi connectivity index (χ1) is 7.50. The monoisotopic (exact) mass is 235 g/mol. The zero-order chi connectivity index (χ0) is 11.8. The molecule has 0 atom stereocenters. The Bertz CT molecular complexity index is 494. The number of carbonyl (C=O) groups excluding carboxylic acids is 1. The summed E-state index contributed by atoms with van der Waals surface area (Å²) in [4.78, 5) is 13.7. The van der Waals surface area contributed by atoms with Crippen LogP contribution in [0.5, 0.6) is 0 Å². The molecule has 0 amide bonds. The van der Waals surface area contributed by atoms with Gasteiger partial charge >= 0.3 is 0 Å². The van der Waals surface area contributed by atoms with E-state index >= 15 is 0 Å². The number of ketones is 1. The Hall–Kier alpha value is -1.49. The number of thiophene rings is 1. The third-order valence-corrected chi connectivity index (χ3v) is 2.93. The fraction of sp³-hybridized carbons (Fsp3) is 0.364. The maximum Gasteiger partial charge on any atom is 0.171 e. The topological polar surface area (TPSA) is 47.8 Å². The highest BCUT2D eigenvalue weighted by molar-refractivity contribution is 7.08. The highest BCUT2D eigenvalue weighted by Crippen LogP contribution is 2.27. The van der Waals surface area contributed by atoms with Crippen LogP contribution in [-0.2, 0) is 0 Å². The first-order valence-corrected chi connectivity index (χ1v) is 5.92. The lowest BCUT2D eigenvalue weighted by atomic mass is 9.87.